The fourth-order valence-corrected chi connectivity index (χ4v) is 4.15. The summed E-state index contributed by atoms with van der Waals surface area (Å²) in [5.41, 5.74) is 0.0368. The highest BCUT2D eigenvalue weighted by Gasteiger charge is 2.22. The molecule has 0 bridgehead atoms. The molecule has 3 aromatic rings. The number of aromatic nitrogens is 2. The lowest BCUT2D eigenvalue weighted by Gasteiger charge is -2.12. The number of carboxylic acids is 1. The van der Waals surface area contributed by atoms with Crippen molar-refractivity contribution >= 4 is 67.6 Å². The van der Waals surface area contributed by atoms with Gasteiger partial charge in [0, 0.05) is 11.8 Å². The Balaban J connectivity index is 2.09. The van der Waals surface area contributed by atoms with Crippen molar-refractivity contribution in [3.63, 3.8) is 0 Å². The predicted molar refractivity (Wildman–Crippen MR) is 122 cm³/mol. The number of nitrogens with one attached hydrogen (secondary N) is 2. The Hall–Kier alpha value is -2.79. The molecule has 160 valence electrons. The first kappa shape index (κ1) is 22.9. The third kappa shape index (κ3) is 5.28. The van der Waals surface area contributed by atoms with Crippen molar-refractivity contribution in [3.05, 3.63) is 64.4 Å². The number of para-hydroxylation sites is 1. The number of anilines is 1. The van der Waals surface area contributed by atoms with Crippen LogP contribution in [0, 0.1) is 5.41 Å². The van der Waals surface area contributed by atoms with E-state index in [1.165, 1.54) is 12.1 Å². The number of aliphatic carboxylic acids is 1. The number of hydrogen-bond acceptors (Lipinski definition) is 8. The van der Waals surface area contributed by atoms with Crippen LogP contribution in [-0.4, -0.2) is 40.8 Å². The third-order valence-corrected chi connectivity index (χ3v) is 6.53. The maximum absolute atomic E-state index is 11.8. The Kier molecular flexibility index (Phi) is 6.75. The van der Waals surface area contributed by atoms with E-state index in [0.717, 1.165) is 17.8 Å². The molecule has 3 N–H and O–H groups in total. The number of carboxylic acid groups (broad SMARTS) is 1. The Morgan fingerprint density at radius 2 is 1.90 bits per heavy atom. The molecule has 8 nitrogen and oxygen atoms in total. The first-order valence-corrected chi connectivity index (χ1v) is 11.9. The van der Waals surface area contributed by atoms with Crippen molar-refractivity contribution in [2.75, 3.05) is 11.6 Å². The maximum atomic E-state index is 11.8. The van der Waals surface area contributed by atoms with Gasteiger partial charge in [-0.05, 0) is 35.8 Å². The van der Waals surface area contributed by atoms with Gasteiger partial charge in [-0.15, -0.1) is 0 Å². The van der Waals surface area contributed by atoms with Crippen molar-refractivity contribution in [1.82, 2.24) is 9.36 Å². The van der Waals surface area contributed by atoms with Crippen molar-refractivity contribution < 1.29 is 18.3 Å². The molecule has 0 fully saturated rings. The van der Waals surface area contributed by atoms with Crippen LogP contribution in [0.25, 0.3) is 16.3 Å². The highest BCUT2D eigenvalue weighted by molar-refractivity contribution is 7.90. The van der Waals surface area contributed by atoms with Gasteiger partial charge in [-0.2, -0.15) is 4.37 Å². The summed E-state index contributed by atoms with van der Waals surface area (Å²) in [6.45, 7) is 0. The largest absolute Gasteiger partial charge is 0.476 e. The van der Waals surface area contributed by atoms with E-state index in [2.05, 4.69) is 14.7 Å². The molecule has 0 aliphatic carbocycles. The lowest BCUT2D eigenvalue weighted by Crippen LogP contribution is -2.15. The molecular formula is C19H14Cl2N4O4S2. The zero-order valence-electron chi connectivity index (χ0n) is 15.8. The van der Waals surface area contributed by atoms with E-state index < -0.39 is 26.6 Å². The summed E-state index contributed by atoms with van der Waals surface area (Å²) >= 11 is 13.3. The van der Waals surface area contributed by atoms with E-state index in [9.17, 15) is 13.2 Å². The van der Waals surface area contributed by atoms with Gasteiger partial charge in [0.05, 0.1) is 15.6 Å². The minimum Gasteiger partial charge on any atom is -0.476 e. The van der Waals surface area contributed by atoms with Crippen molar-refractivity contribution in [3.8, 4) is 10.6 Å². The van der Waals surface area contributed by atoms with Crippen LogP contribution in [0.4, 0.5) is 5.69 Å². The molecule has 1 heterocycles. The Bertz CT molecular complexity index is 1320. The van der Waals surface area contributed by atoms with Gasteiger partial charge in [-0.3, -0.25) is 5.41 Å². The summed E-state index contributed by atoms with van der Waals surface area (Å²) in [6.07, 6.45) is 1.10. The Morgan fingerprint density at radius 3 is 2.55 bits per heavy atom. The van der Waals surface area contributed by atoms with E-state index in [-0.39, 0.29) is 16.4 Å². The molecule has 0 unspecified atom stereocenters. The quantitative estimate of drug-likeness (QED) is 0.413. The van der Waals surface area contributed by atoms with Gasteiger partial charge in [0.1, 0.15) is 15.7 Å². The molecule has 31 heavy (non-hydrogen) atoms. The molecule has 0 aliphatic rings. The first-order valence-electron chi connectivity index (χ1n) is 8.46. The van der Waals surface area contributed by atoms with Crippen LogP contribution in [0.2, 0.25) is 5.02 Å². The normalized spacial score (nSPS) is 12.2. The molecule has 3 rings (SSSR count). The number of halogens is 2. The summed E-state index contributed by atoms with van der Waals surface area (Å²) < 4.78 is 27.9. The summed E-state index contributed by atoms with van der Waals surface area (Å²) in [5, 5.41) is 20.1. The highest BCUT2D eigenvalue weighted by atomic mass is 35.5. The van der Waals surface area contributed by atoms with Gasteiger partial charge in [-0.1, -0.05) is 47.5 Å². The van der Waals surface area contributed by atoms with E-state index in [0.29, 0.717) is 21.3 Å². The van der Waals surface area contributed by atoms with Gasteiger partial charge in [0.25, 0.3) is 0 Å². The number of carbonyl (C=O) groups is 1. The van der Waals surface area contributed by atoms with E-state index in [1.54, 1.807) is 36.4 Å². The molecule has 0 saturated carbocycles. The summed E-state index contributed by atoms with van der Waals surface area (Å²) in [7, 11) is -3.42. The van der Waals surface area contributed by atoms with Gasteiger partial charge in [0.2, 0.25) is 0 Å². The van der Waals surface area contributed by atoms with Crippen LogP contribution in [0.15, 0.2) is 58.5 Å². The lowest BCUT2D eigenvalue weighted by atomic mass is 10.2. The third-order valence-electron chi connectivity index (χ3n) is 3.95. The average molecular weight is 497 g/mol. The zero-order chi connectivity index (χ0) is 22.8. The second kappa shape index (κ2) is 9.15. The smallest absolute Gasteiger partial charge is 0.355 e. The SMILES string of the molecule is CS(=O)(=O)c1cccc(-c2nc(/C(Nc3ccccc3Cl)=C(\Cl)C(=N)C(=O)O)ns2)c1. The lowest BCUT2D eigenvalue weighted by molar-refractivity contribution is -0.129. The predicted octanol–water partition coefficient (Wildman–Crippen LogP) is 4.39. The fraction of sp³-hybridized carbons (Fsp3) is 0.0526. The number of sulfone groups is 1. The fourth-order valence-electron chi connectivity index (χ4n) is 2.43. The van der Waals surface area contributed by atoms with Crippen molar-refractivity contribution in [2.45, 2.75) is 4.90 Å². The van der Waals surface area contributed by atoms with E-state index in [4.69, 9.17) is 33.7 Å². The monoisotopic (exact) mass is 496 g/mol. The van der Waals surface area contributed by atoms with Crippen LogP contribution in [-0.2, 0) is 14.6 Å². The van der Waals surface area contributed by atoms with Crippen molar-refractivity contribution in [2.24, 2.45) is 0 Å². The number of benzene rings is 2. The second-order valence-electron chi connectivity index (χ2n) is 6.20. The average Bonchev–Trinajstić information content (AvgIpc) is 3.21. The maximum Gasteiger partial charge on any atom is 0.355 e. The molecule has 0 aliphatic heterocycles. The molecule has 0 saturated heterocycles. The summed E-state index contributed by atoms with van der Waals surface area (Å²) in [6, 6.07) is 12.9. The minimum atomic E-state index is -3.42. The number of nitrogens with zero attached hydrogens (tertiary/aromatic N) is 2. The van der Waals surface area contributed by atoms with Crippen molar-refractivity contribution in [1.29, 1.82) is 5.41 Å². The van der Waals surface area contributed by atoms with E-state index in [1.807, 2.05) is 0 Å². The van der Waals surface area contributed by atoms with Crippen LogP contribution >= 0.6 is 34.7 Å². The topological polar surface area (TPSA) is 133 Å². The molecule has 1 aromatic heterocycles. The van der Waals surface area contributed by atoms with Crippen LogP contribution in [0.5, 0.6) is 0 Å². The Labute approximate surface area is 191 Å². The van der Waals surface area contributed by atoms with Gasteiger partial charge < -0.3 is 10.4 Å². The highest BCUT2D eigenvalue weighted by Crippen LogP contribution is 2.31. The minimum absolute atomic E-state index is 0.0241. The van der Waals surface area contributed by atoms with Gasteiger partial charge >= 0.3 is 5.97 Å². The molecule has 0 radical (unpaired) electrons. The molecule has 2 aromatic carbocycles. The molecule has 12 heteroatoms. The first-order chi connectivity index (χ1) is 14.6. The van der Waals surface area contributed by atoms with Crippen LogP contribution < -0.4 is 5.32 Å². The van der Waals surface area contributed by atoms with Gasteiger partial charge in [0.15, 0.2) is 21.4 Å². The van der Waals surface area contributed by atoms with Gasteiger partial charge in [-0.25, -0.2) is 18.2 Å². The molecule has 0 atom stereocenters. The molecule has 0 spiro atoms. The summed E-state index contributed by atoms with van der Waals surface area (Å²) in [4.78, 5) is 15.8. The van der Waals surface area contributed by atoms with E-state index >= 15 is 0 Å². The van der Waals surface area contributed by atoms with Crippen LogP contribution in [0.1, 0.15) is 5.82 Å². The number of rotatable bonds is 7. The molecular weight excluding hydrogens is 483 g/mol. The second-order valence-corrected chi connectivity index (χ2v) is 9.75. The summed E-state index contributed by atoms with van der Waals surface area (Å²) in [5.74, 6) is -1.50. The zero-order valence-corrected chi connectivity index (χ0v) is 18.9. The Morgan fingerprint density at radius 1 is 1.19 bits per heavy atom. The number of hydrogen-bond donors (Lipinski definition) is 3. The van der Waals surface area contributed by atoms with Crippen LogP contribution in [0.3, 0.4) is 0 Å². The standard InChI is InChI=1S/C19H14Cl2N4O4S2/c1-31(28,29)11-6-4-5-10(9-11)18-24-17(25-30-18)16(14(21)15(22)19(26)27)23-13-8-3-2-7-12(13)20/h2-9,22-23H,1H3,(H,26,27)/b16-14+,22-15?. The molecule has 0 amide bonds.